The third-order valence-electron chi connectivity index (χ3n) is 6.07. The Morgan fingerprint density at radius 3 is 2.62 bits per heavy atom. The van der Waals surface area contributed by atoms with Gasteiger partial charge < -0.3 is 19.9 Å². The van der Waals surface area contributed by atoms with Crippen molar-refractivity contribution in [3.8, 4) is 0 Å². The zero-order chi connectivity index (χ0) is 18.9. The first-order valence-electron chi connectivity index (χ1n) is 9.15. The molecule has 1 unspecified atom stereocenters. The third kappa shape index (κ3) is 3.53. The van der Waals surface area contributed by atoms with Crippen LogP contribution < -0.4 is 0 Å². The average molecular weight is 360 g/mol. The number of carbonyl (C=O) groups excluding carboxylic acids is 2. The van der Waals surface area contributed by atoms with Gasteiger partial charge >= 0.3 is 0 Å². The molecule has 7 heteroatoms. The predicted octanol–water partition coefficient (Wildman–Crippen LogP) is 1.42. The van der Waals surface area contributed by atoms with Crippen LogP contribution in [0.2, 0.25) is 0 Å². The summed E-state index contributed by atoms with van der Waals surface area (Å²) in [5, 5.41) is 10.6. The number of aromatic nitrogens is 2. The Hall–Kier alpha value is -2.15. The van der Waals surface area contributed by atoms with Gasteiger partial charge in [0.05, 0.1) is 29.9 Å². The Kier molecular flexibility index (Phi) is 4.92. The average Bonchev–Trinajstić information content (AvgIpc) is 3.10. The summed E-state index contributed by atoms with van der Waals surface area (Å²) < 4.78 is 0. The maximum Gasteiger partial charge on any atom is 0.246 e. The lowest BCUT2D eigenvalue weighted by molar-refractivity contribution is -0.158. The van der Waals surface area contributed by atoms with Gasteiger partial charge in [-0.05, 0) is 44.6 Å². The Morgan fingerprint density at radius 2 is 2.04 bits per heavy atom. The molecule has 2 aliphatic rings. The van der Waals surface area contributed by atoms with E-state index < -0.39 is 11.6 Å². The Morgan fingerprint density at radius 1 is 1.35 bits per heavy atom. The Balaban J connectivity index is 1.64. The highest BCUT2D eigenvalue weighted by molar-refractivity contribution is 5.91. The minimum Gasteiger partial charge on any atom is -0.391 e. The molecule has 0 bridgehead atoms. The number of hydrogen-bond acceptors (Lipinski definition) is 4. The van der Waals surface area contributed by atoms with Crippen LogP contribution in [0.1, 0.15) is 45.7 Å². The van der Waals surface area contributed by atoms with Gasteiger partial charge in [-0.2, -0.15) is 0 Å². The normalized spacial score (nSPS) is 25.0. The van der Waals surface area contributed by atoms with Crippen molar-refractivity contribution in [2.24, 2.45) is 5.41 Å². The molecule has 3 rings (SSSR count). The number of aliphatic hydroxyl groups is 1. The molecule has 26 heavy (non-hydrogen) atoms. The number of hydrogen-bond donors (Lipinski definition) is 2. The number of piperidine rings is 2. The van der Waals surface area contributed by atoms with Crippen LogP contribution >= 0.6 is 0 Å². The van der Waals surface area contributed by atoms with Crippen LogP contribution in [0.4, 0.5) is 0 Å². The monoisotopic (exact) mass is 360 g/mol. The van der Waals surface area contributed by atoms with Crippen LogP contribution in [0.3, 0.4) is 0 Å². The second-order valence-corrected chi connectivity index (χ2v) is 8.14. The number of nitrogens with one attached hydrogen (secondary N) is 1. The first-order chi connectivity index (χ1) is 12.2. The largest absolute Gasteiger partial charge is 0.391 e. The van der Waals surface area contributed by atoms with E-state index in [0.717, 1.165) is 18.5 Å². The Labute approximate surface area is 154 Å². The number of rotatable bonds is 2. The standard InChI is InChI=1S/C19H28N4O3/c1-14(24)23-12-19(10-16(25)18(23,2)3)6-8-22(9-7-19)17(26)5-4-15-11-20-13-21-15/h4-5,11,13,16,25H,6-10,12H2,1-3H3,(H,20,21)/b5-4+. The molecule has 2 amide bonds. The van der Waals surface area contributed by atoms with Crippen molar-refractivity contribution in [2.45, 2.75) is 51.7 Å². The van der Waals surface area contributed by atoms with Crippen molar-refractivity contribution in [1.82, 2.24) is 19.8 Å². The summed E-state index contributed by atoms with van der Waals surface area (Å²) in [6, 6.07) is 0. The van der Waals surface area contributed by atoms with Crippen molar-refractivity contribution < 1.29 is 14.7 Å². The summed E-state index contributed by atoms with van der Waals surface area (Å²) in [6.45, 7) is 7.34. The van der Waals surface area contributed by atoms with E-state index in [1.54, 1.807) is 36.5 Å². The molecule has 2 N–H and O–H groups in total. The molecule has 3 heterocycles. The van der Waals surface area contributed by atoms with Crippen molar-refractivity contribution >= 4 is 17.9 Å². The van der Waals surface area contributed by atoms with E-state index in [0.29, 0.717) is 26.1 Å². The van der Waals surface area contributed by atoms with Crippen LogP contribution in [0.25, 0.3) is 6.08 Å². The molecule has 0 aliphatic carbocycles. The fourth-order valence-corrected chi connectivity index (χ4v) is 4.15. The second kappa shape index (κ2) is 6.87. The molecule has 1 aromatic rings. The van der Waals surface area contributed by atoms with Crippen molar-refractivity contribution in [3.05, 3.63) is 24.3 Å². The minimum absolute atomic E-state index is 0.00544. The first kappa shape index (κ1) is 18.6. The molecule has 7 nitrogen and oxygen atoms in total. The Bertz CT molecular complexity index is 688. The molecular weight excluding hydrogens is 332 g/mol. The number of amides is 2. The van der Waals surface area contributed by atoms with Gasteiger partial charge in [0.25, 0.3) is 0 Å². The van der Waals surface area contributed by atoms with Crippen LogP contribution in [0.5, 0.6) is 0 Å². The molecule has 0 aromatic carbocycles. The fourth-order valence-electron chi connectivity index (χ4n) is 4.15. The lowest BCUT2D eigenvalue weighted by Crippen LogP contribution is -2.64. The third-order valence-corrected chi connectivity index (χ3v) is 6.07. The number of aliphatic hydroxyl groups excluding tert-OH is 1. The molecule has 2 saturated heterocycles. The van der Waals surface area contributed by atoms with Crippen molar-refractivity contribution in [3.63, 3.8) is 0 Å². The van der Waals surface area contributed by atoms with E-state index in [1.165, 1.54) is 0 Å². The SMILES string of the molecule is CC(=O)N1CC2(CCN(C(=O)/C=C/c3cnc[nH]3)CC2)CC(O)C1(C)C. The zero-order valence-corrected chi connectivity index (χ0v) is 15.7. The van der Waals surface area contributed by atoms with Gasteiger partial charge in [-0.25, -0.2) is 4.98 Å². The predicted molar refractivity (Wildman–Crippen MR) is 98.0 cm³/mol. The molecule has 0 saturated carbocycles. The van der Waals surface area contributed by atoms with E-state index in [9.17, 15) is 14.7 Å². The highest BCUT2D eigenvalue weighted by Gasteiger charge is 2.50. The van der Waals surface area contributed by atoms with E-state index in [1.807, 2.05) is 18.7 Å². The lowest BCUT2D eigenvalue weighted by atomic mass is 9.67. The summed E-state index contributed by atoms with van der Waals surface area (Å²) in [6.07, 6.45) is 8.25. The van der Waals surface area contributed by atoms with Crippen molar-refractivity contribution in [1.29, 1.82) is 0 Å². The number of likely N-dealkylation sites (tertiary alicyclic amines) is 2. The molecule has 0 radical (unpaired) electrons. The number of imidazole rings is 1. The molecular formula is C19H28N4O3. The molecule has 1 spiro atoms. The van der Waals surface area contributed by atoms with E-state index in [-0.39, 0.29) is 17.2 Å². The molecule has 142 valence electrons. The van der Waals surface area contributed by atoms with Gasteiger partial charge in [0.1, 0.15) is 0 Å². The van der Waals surface area contributed by atoms with Gasteiger partial charge in [-0.1, -0.05) is 0 Å². The topological polar surface area (TPSA) is 89.5 Å². The van der Waals surface area contributed by atoms with E-state index >= 15 is 0 Å². The van der Waals surface area contributed by atoms with Gasteiger partial charge in [0.2, 0.25) is 11.8 Å². The highest BCUT2D eigenvalue weighted by Crippen LogP contribution is 2.45. The summed E-state index contributed by atoms with van der Waals surface area (Å²) in [5.41, 5.74) is 0.142. The maximum absolute atomic E-state index is 12.4. The molecule has 2 fully saturated rings. The smallest absolute Gasteiger partial charge is 0.246 e. The highest BCUT2D eigenvalue weighted by atomic mass is 16.3. The van der Waals surface area contributed by atoms with Crippen LogP contribution in [-0.2, 0) is 9.59 Å². The number of nitrogens with zero attached hydrogens (tertiary/aromatic N) is 3. The number of aromatic amines is 1. The summed E-state index contributed by atoms with van der Waals surface area (Å²) in [5.74, 6) is -0.0244. The van der Waals surface area contributed by atoms with Gasteiger partial charge in [0, 0.05) is 32.6 Å². The minimum atomic E-state index is -0.553. The van der Waals surface area contributed by atoms with Crippen molar-refractivity contribution in [2.75, 3.05) is 19.6 Å². The second-order valence-electron chi connectivity index (χ2n) is 8.14. The summed E-state index contributed by atoms with van der Waals surface area (Å²) >= 11 is 0. The summed E-state index contributed by atoms with van der Waals surface area (Å²) in [7, 11) is 0. The van der Waals surface area contributed by atoms with Gasteiger partial charge in [0.15, 0.2) is 0 Å². The fraction of sp³-hybridized carbons (Fsp3) is 0.632. The van der Waals surface area contributed by atoms with Crippen LogP contribution in [0.15, 0.2) is 18.6 Å². The number of carbonyl (C=O) groups is 2. The first-order valence-corrected chi connectivity index (χ1v) is 9.15. The molecule has 1 aromatic heterocycles. The van der Waals surface area contributed by atoms with Crippen LogP contribution in [0, 0.1) is 5.41 Å². The summed E-state index contributed by atoms with van der Waals surface area (Å²) in [4.78, 5) is 35.0. The van der Waals surface area contributed by atoms with E-state index in [4.69, 9.17) is 0 Å². The van der Waals surface area contributed by atoms with E-state index in [2.05, 4.69) is 9.97 Å². The van der Waals surface area contributed by atoms with Gasteiger partial charge in [-0.15, -0.1) is 0 Å². The maximum atomic E-state index is 12.4. The number of H-pyrrole nitrogens is 1. The molecule has 2 aliphatic heterocycles. The zero-order valence-electron chi connectivity index (χ0n) is 15.7. The van der Waals surface area contributed by atoms with Gasteiger partial charge in [-0.3, -0.25) is 9.59 Å². The molecule has 1 atom stereocenters. The quantitative estimate of drug-likeness (QED) is 0.781. The lowest BCUT2D eigenvalue weighted by Gasteiger charge is -2.55. The van der Waals surface area contributed by atoms with Crippen LogP contribution in [-0.4, -0.2) is 68.0 Å².